The monoisotopic (exact) mass is 325 g/mol. The smallest absolute Gasteiger partial charge is 0.139 e. The average molecular weight is 325 g/mol. The summed E-state index contributed by atoms with van der Waals surface area (Å²) in [5.74, 6) is 1.04. The summed E-state index contributed by atoms with van der Waals surface area (Å²) in [7, 11) is 1.53. The fourth-order valence-electron chi connectivity index (χ4n) is 3.40. The lowest BCUT2D eigenvalue weighted by Crippen LogP contribution is -2.16. The van der Waals surface area contributed by atoms with Gasteiger partial charge in [0, 0.05) is 23.9 Å². The molecule has 1 aliphatic carbocycles. The lowest BCUT2D eigenvalue weighted by Gasteiger charge is -2.15. The fraction of sp³-hybridized carbons (Fsp3) is 0.316. The molecule has 0 bridgehead atoms. The highest BCUT2D eigenvalue weighted by molar-refractivity contribution is 5.77. The number of halogens is 1. The zero-order chi connectivity index (χ0) is 16.5. The van der Waals surface area contributed by atoms with Crippen LogP contribution in [0.2, 0.25) is 0 Å². The molecular formula is C19H20FN3O. The summed E-state index contributed by atoms with van der Waals surface area (Å²) in [4.78, 5) is 4.66. The van der Waals surface area contributed by atoms with Gasteiger partial charge in [-0.25, -0.2) is 9.37 Å². The quantitative estimate of drug-likeness (QED) is 0.767. The van der Waals surface area contributed by atoms with Crippen LogP contribution in [0.4, 0.5) is 10.2 Å². The number of methoxy groups -OCH3 is 1. The van der Waals surface area contributed by atoms with Gasteiger partial charge in [-0.3, -0.25) is 4.40 Å². The number of rotatable bonds is 4. The number of hydrogen-bond donors (Lipinski definition) is 1. The predicted octanol–water partition coefficient (Wildman–Crippen LogP) is 4.50. The van der Waals surface area contributed by atoms with E-state index in [9.17, 15) is 4.39 Å². The molecule has 1 fully saturated rings. The molecule has 1 aromatic carbocycles. The number of nitrogens with zero attached hydrogens (tertiary/aromatic N) is 2. The Labute approximate surface area is 140 Å². The van der Waals surface area contributed by atoms with Crippen molar-refractivity contribution in [3.8, 4) is 17.0 Å². The van der Waals surface area contributed by atoms with E-state index in [1.165, 1.54) is 26.0 Å². The maximum absolute atomic E-state index is 14.6. The molecule has 4 nitrogen and oxygen atoms in total. The van der Waals surface area contributed by atoms with Gasteiger partial charge in [-0.2, -0.15) is 0 Å². The van der Waals surface area contributed by atoms with Crippen molar-refractivity contribution in [2.24, 2.45) is 0 Å². The Balaban J connectivity index is 1.84. The SMILES string of the molecule is COc1ccc(-c2nc3ccccn3c2NC2CCCC2)c(F)c1. The van der Waals surface area contributed by atoms with Crippen LogP contribution in [0.25, 0.3) is 16.9 Å². The number of imidazole rings is 1. The first-order valence-corrected chi connectivity index (χ1v) is 8.34. The van der Waals surface area contributed by atoms with Gasteiger partial charge in [-0.05, 0) is 37.1 Å². The normalized spacial score (nSPS) is 15.1. The molecule has 124 valence electrons. The van der Waals surface area contributed by atoms with Crippen molar-refractivity contribution in [1.82, 2.24) is 9.38 Å². The second-order valence-corrected chi connectivity index (χ2v) is 6.21. The van der Waals surface area contributed by atoms with Crippen molar-refractivity contribution in [1.29, 1.82) is 0 Å². The lowest BCUT2D eigenvalue weighted by molar-refractivity contribution is 0.411. The molecule has 2 aromatic heterocycles. The zero-order valence-electron chi connectivity index (χ0n) is 13.6. The summed E-state index contributed by atoms with van der Waals surface area (Å²) in [5, 5.41) is 3.59. The summed E-state index contributed by atoms with van der Waals surface area (Å²) in [6.07, 6.45) is 6.72. The molecule has 0 amide bonds. The predicted molar refractivity (Wildman–Crippen MR) is 93.0 cm³/mol. The Hall–Kier alpha value is -2.56. The van der Waals surface area contributed by atoms with Gasteiger partial charge in [0.15, 0.2) is 0 Å². The van der Waals surface area contributed by atoms with E-state index in [4.69, 9.17) is 4.74 Å². The number of nitrogens with one attached hydrogen (secondary N) is 1. The first-order chi connectivity index (χ1) is 11.8. The molecule has 1 N–H and O–H groups in total. The molecule has 0 spiro atoms. The van der Waals surface area contributed by atoms with Crippen molar-refractivity contribution in [2.75, 3.05) is 12.4 Å². The van der Waals surface area contributed by atoms with Crippen LogP contribution in [0.5, 0.6) is 5.75 Å². The Morgan fingerprint density at radius 2 is 2.04 bits per heavy atom. The summed E-state index contributed by atoms with van der Waals surface area (Å²) >= 11 is 0. The topological polar surface area (TPSA) is 38.6 Å². The molecule has 3 aromatic rings. The minimum Gasteiger partial charge on any atom is -0.497 e. The summed E-state index contributed by atoms with van der Waals surface area (Å²) < 4.78 is 21.7. The Morgan fingerprint density at radius 3 is 2.79 bits per heavy atom. The minimum absolute atomic E-state index is 0.327. The van der Waals surface area contributed by atoms with Crippen LogP contribution in [0.15, 0.2) is 42.6 Å². The number of pyridine rings is 1. The highest BCUT2D eigenvalue weighted by Gasteiger charge is 2.22. The Morgan fingerprint density at radius 1 is 1.21 bits per heavy atom. The number of aromatic nitrogens is 2. The molecule has 0 aliphatic heterocycles. The van der Waals surface area contributed by atoms with Crippen molar-refractivity contribution < 1.29 is 9.13 Å². The number of hydrogen-bond acceptors (Lipinski definition) is 3. The van der Waals surface area contributed by atoms with E-state index in [2.05, 4.69) is 10.3 Å². The third kappa shape index (κ3) is 2.60. The third-order valence-electron chi connectivity index (χ3n) is 4.66. The second-order valence-electron chi connectivity index (χ2n) is 6.21. The molecule has 5 heteroatoms. The molecule has 4 rings (SSSR count). The number of anilines is 1. The van der Waals surface area contributed by atoms with Gasteiger partial charge in [0.2, 0.25) is 0 Å². The minimum atomic E-state index is -0.327. The highest BCUT2D eigenvalue weighted by atomic mass is 19.1. The summed E-state index contributed by atoms with van der Waals surface area (Å²) in [6, 6.07) is 11.2. The van der Waals surface area contributed by atoms with E-state index in [-0.39, 0.29) is 5.82 Å². The van der Waals surface area contributed by atoms with Gasteiger partial charge in [-0.15, -0.1) is 0 Å². The molecule has 0 atom stereocenters. The molecule has 0 saturated heterocycles. The molecule has 1 saturated carbocycles. The van der Waals surface area contributed by atoms with Crippen LogP contribution in [-0.4, -0.2) is 22.5 Å². The molecule has 24 heavy (non-hydrogen) atoms. The number of ether oxygens (including phenoxy) is 1. The van der Waals surface area contributed by atoms with E-state index >= 15 is 0 Å². The fourth-order valence-corrected chi connectivity index (χ4v) is 3.40. The Kier molecular flexibility index (Phi) is 3.84. The Bertz CT molecular complexity index is 868. The van der Waals surface area contributed by atoms with Crippen LogP contribution in [0.1, 0.15) is 25.7 Å². The maximum atomic E-state index is 14.6. The van der Waals surface area contributed by atoms with Crippen molar-refractivity contribution in [3.05, 3.63) is 48.4 Å². The van der Waals surface area contributed by atoms with Crippen LogP contribution in [-0.2, 0) is 0 Å². The van der Waals surface area contributed by atoms with Gasteiger partial charge in [-0.1, -0.05) is 18.9 Å². The van der Waals surface area contributed by atoms with E-state index in [0.717, 1.165) is 24.3 Å². The highest BCUT2D eigenvalue weighted by Crippen LogP contribution is 2.34. The van der Waals surface area contributed by atoms with Gasteiger partial charge in [0.05, 0.1) is 7.11 Å². The summed E-state index contributed by atoms with van der Waals surface area (Å²) in [6.45, 7) is 0. The lowest BCUT2D eigenvalue weighted by atomic mass is 10.1. The molecule has 2 heterocycles. The van der Waals surface area contributed by atoms with Crippen molar-refractivity contribution in [3.63, 3.8) is 0 Å². The largest absolute Gasteiger partial charge is 0.497 e. The molecule has 0 unspecified atom stereocenters. The van der Waals surface area contributed by atoms with Crippen LogP contribution >= 0.6 is 0 Å². The molecule has 0 radical (unpaired) electrons. The van der Waals surface area contributed by atoms with Gasteiger partial charge >= 0.3 is 0 Å². The number of benzene rings is 1. The molecule has 1 aliphatic rings. The third-order valence-corrected chi connectivity index (χ3v) is 4.66. The van der Waals surface area contributed by atoms with E-state index < -0.39 is 0 Å². The van der Waals surface area contributed by atoms with Gasteiger partial charge in [0.25, 0.3) is 0 Å². The first-order valence-electron chi connectivity index (χ1n) is 8.34. The standard InChI is InChI=1S/C19H20FN3O/c1-24-14-9-10-15(16(20)12-14)18-19(21-13-6-2-3-7-13)23-11-5-4-8-17(23)22-18/h4-5,8-13,21H,2-3,6-7H2,1H3. The van der Waals surface area contributed by atoms with Gasteiger partial charge < -0.3 is 10.1 Å². The van der Waals surface area contributed by atoms with Crippen molar-refractivity contribution in [2.45, 2.75) is 31.7 Å². The van der Waals surface area contributed by atoms with E-state index in [1.807, 2.05) is 28.8 Å². The van der Waals surface area contributed by atoms with E-state index in [0.29, 0.717) is 23.0 Å². The van der Waals surface area contributed by atoms with Crippen LogP contribution in [0, 0.1) is 5.82 Å². The summed E-state index contributed by atoms with van der Waals surface area (Å²) in [5.41, 5.74) is 1.94. The average Bonchev–Trinajstić information content (AvgIpc) is 3.23. The maximum Gasteiger partial charge on any atom is 0.139 e. The molecular weight excluding hydrogens is 305 g/mol. The first kappa shape index (κ1) is 15.0. The van der Waals surface area contributed by atoms with Gasteiger partial charge in [0.1, 0.15) is 28.7 Å². The van der Waals surface area contributed by atoms with E-state index in [1.54, 1.807) is 12.1 Å². The second kappa shape index (κ2) is 6.15. The number of fused-ring (bicyclic) bond motifs is 1. The van der Waals surface area contributed by atoms with Crippen LogP contribution in [0.3, 0.4) is 0 Å². The van der Waals surface area contributed by atoms with Crippen LogP contribution < -0.4 is 10.1 Å². The zero-order valence-corrected chi connectivity index (χ0v) is 13.6. The van der Waals surface area contributed by atoms with Crippen molar-refractivity contribution >= 4 is 11.5 Å².